The number of hydrogen-bond acceptors (Lipinski definition) is 5. The molecule has 0 aliphatic carbocycles. The van der Waals surface area contributed by atoms with E-state index < -0.39 is 5.82 Å². The summed E-state index contributed by atoms with van der Waals surface area (Å²) in [4.78, 5) is 7.78. The van der Waals surface area contributed by atoms with Crippen LogP contribution in [0.4, 0.5) is 15.9 Å². The highest BCUT2D eigenvalue weighted by Crippen LogP contribution is 2.18. The molecule has 102 valence electrons. The number of aromatic nitrogens is 4. The number of aryl methyl sites for hydroxylation is 1. The van der Waals surface area contributed by atoms with Crippen LogP contribution in [-0.2, 0) is 17.7 Å². The molecule has 0 bridgehead atoms. The van der Waals surface area contributed by atoms with Crippen LogP contribution >= 0.6 is 0 Å². The van der Waals surface area contributed by atoms with Gasteiger partial charge in [0.15, 0.2) is 11.6 Å². The van der Waals surface area contributed by atoms with Gasteiger partial charge in [0.25, 0.3) is 0 Å². The fourth-order valence-electron chi connectivity index (χ4n) is 1.61. The van der Waals surface area contributed by atoms with E-state index in [1.54, 1.807) is 24.2 Å². The third-order valence-corrected chi connectivity index (χ3v) is 2.62. The highest BCUT2D eigenvalue weighted by molar-refractivity contribution is 5.54. The first kappa shape index (κ1) is 13.4. The summed E-state index contributed by atoms with van der Waals surface area (Å²) >= 11 is 0. The minimum Gasteiger partial charge on any atom is -0.383 e. The van der Waals surface area contributed by atoms with E-state index >= 15 is 0 Å². The molecule has 2 rings (SSSR count). The molecule has 0 saturated heterocycles. The maximum atomic E-state index is 13.9. The molecule has 1 N–H and O–H groups in total. The smallest absolute Gasteiger partial charge is 0.187 e. The van der Waals surface area contributed by atoms with Gasteiger partial charge in [0.1, 0.15) is 6.33 Å². The summed E-state index contributed by atoms with van der Waals surface area (Å²) < 4.78 is 20.6. The number of rotatable bonds is 6. The topological polar surface area (TPSA) is 64.9 Å². The molecule has 6 nitrogen and oxygen atoms in total. The molecule has 0 aliphatic rings. The maximum Gasteiger partial charge on any atom is 0.187 e. The predicted octanol–water partition coefficient (Wildman–Crippen LogP) is 1.76. The number of ether oxygens (including phenoxy) is 1. The summed E-state index contributed by atoms with van der Waals surface area (Å²) in [6.45, 7) is 3.06. The molecule has 0 aliphatic heterocycles. The summed E-state index contributed by atoms with van der Waals surface area (Å²) in [6, 6.07) is 0. The van der Waals surface area contributed by atoms with Gasteiger partial charge in [0.05, 0.1) is 30.7 Å². The second kappa shape index (κ2) is 6.24. The molecule has 2 heterocycles. The van der Waals surface area contributed by atoms with E-state index in [-0.39, 0.29) is 5.82 Å². The third-order valence-electron chi connectivity index (χ3n) is 2.62. The van der Waals surface area contributed by atoms with Gasteiger partial charge in [-0.05, 0) is 6.42 Å². The zero-order chi connectivity index (χ0) is 13.7. The standard InChI is InChI=1S/C12H16FN5O/c1-3-10-11(13)12(15-8-14-10)17-9-6-16-18(7-9)4-5-19-2/h6-8H,3-5H2,1-2H3,(H,14,15,17). The lowest BCUT2D eigenvalue weighted by molar-refractivity contribution is 0.183. The number of nitrogens with one attached hydrogen (secondary N) is 1. The van der Waals surface area contributed by atoms with Crippen LogP contribution < -0.4 is 5.32 Å². The van der Waals surface area contributed by atoms with Gasteiger partial charge in [-0.2, -0.15) is 5.10 Å². The molecule has 0 fully saturated rings. The highest BCUT2D eigenvalue weighted by atomic mass is 19.1. The van der Waals surface area contributed by atoms with Gasteiger partial charge in [0, 0.05) is 13.3 Å². The molecule has 19 heavy (non-hydrogen) atoms. The lowest BCUT2D eigenvalue weighted by Gasteiger charge is -2.05. The molecule has 0 amide bonds. The second-order valence-electron chi connectivity index (χ2n) is 3.95. The first-order valence-corrected chi connectivity index (χ1v) is 6.02. The maximum absolute atomic E-state index is 13.9. The Balaban J connectivity index is 2.10. The summed E-state index contributed by atoms with van der Waals surface area (Å²) in [5.41, 5.74) is 1.07. The van der Waals surface area contributed by atoms with Crippen LogP contribution in [0.3, 0.4) is 0 Å². The van der Waals surface area contributed by atoms with E-state index in [0.717, 1.165) is 0 Å². The minimum absolute atomic E-state index is 0.165. The average Bonchev–Trinajstić information content (AvgIpc) is 2.86. The van der Waals surface area contributed by atoms with Crippen molar-refractivity contribution in [3.05, 3.63) is 30.2 Å². The van der Waals surface area contributed by atoms with Crippen molar-refractivity contribution in [2.45, 2.75) is 19.9 Å². The lowest BCUT2D eigenvalue weighted by Crippen LogP contribution is -2.04. The minimum atomic E-state index is -0.422. The van der Waals surface area contributed by atoms with Crippen molar-refractivity contribution in [1.82, 2.24) is 19.7 Å². The van der Waals surface area contributed by atoms with Crippen molar-refractivity contribution in [2.24, 2.45) is 0 Å². The molecule has 2 aromatic rings. The van der Waals surface area contributed by atoms with Crippen LogP contribution in [0.5, 0.6) is 0 Å². The van der Waals surface area contributed by atoms with Crippen molar-refractivity contribution >= 4 is 11.5 Å². The Hall–Kier alpha value is -2.02. The van der Waals surface area contributed by atoms with E-state index in [1.165, 1.54) is 6.33 Å². The van der Waals surface area contributed by atoms with Gasteiger partial charge in [-0.15, -0.1) is 0 Å². The molecule has 2 aromatic heterocycles. The normalized spacial score (nSPS) is 10.7. The quantitative estimate of drug-likeness (QED) is 0.862. The van der Waals surface area contributed by atoms with Crippen LogP contribution in [0, 0.1) is 5.82 Å². The van der Waals surface area contributed by atoms with Crippen LogP contribution in [-0.4, -0.2) is 33.5 Å². The largest absolute Gasteiger partial charge is 0.383 e. The Morgan fingerprint density at radius 2 is 2.26 bits per heavy atom. The second-order valence-corrected chi connectivity index (χ2v) is 3.95. The Bertz CT molecular complexity index is 543. The van der Waals surface area contributed by atoms with E-state index in [1.807, 2.05) is 6.92 Å². The summed E-state index contributed by atoms with van der Waals surface area (Å²) in [6.07, 6.45) is 5.25. The van der Waals surface area contributed by atoms with Crippen molar-refractivity contribution in [3.8, 4) is 0 Å². The van der Waals surface area contributed by atoms with Crippen LogP contribution in [0.25, 0.3) is 0 Å². The van der Waals surface area contributed by atoms with Crippen LogP contribution in [0.1, 0.15) is 12.6 Å². The van der Waals surface area contributed by atoms with Crippen molar-refractivity contribution in [2.75, 3.05) is 19.0 Å². The van der Waals surface area contributed by atoms with Gasteiger partial charge < -0.3 is 10.1 Å². The van der Waals surface area contributed by atoms with E-state index in [9.17, 15) is 4.39 Å². The Kier molecular flexibility index (Phi) is 4.40. The molecule has 7 heteroatoms. The van der Waals surface area contributed by atoms with Crippen molar-refractivity contribution in [1.29, 1.82) is 0 Å². The molecule has 0 radical (unpaired) electrons. The average molecular weight is 265 g/mol. The number of halogens is 1. The zero-order valence-electron chi connectivity index (χ0n) is 10.9. The molecule has 0 atom stereocenters. The molecular weight excluding hydrogens is 249 g/mol. The van der Waals surface area contributed by atoms with Gasteiger partial charge in [-0.3, -0.25) is 4.68 Å². The molecule has 0 spiro atoms. The third kappa shape index (κ3) is 3.25. The Morgan fingerprint density at radius 1 is 1.42 bits per heavy atom. The van der Waals surface area contributed by atoms with E-state index in [4.69, 9.17) is 4.74 Å². The van der Waals surface area contributed by atoms with Gasteiger partial charge >= 0.3 is 0 Å². The molecular formula is C12H16FN5O. The molecule has 0 saturated carbocycles. The monoisotopic (exact) mass is 265 g/mol. The van der Waals surface area contributed by atoms with Crippen LogP contribution in [0.2, 0.25) is 0 Å². The van der Waals surface area contributed by atoms with Crippen molar-refractivity contribution < 1.29 is 9.13 Å². The van der Waals surface area contributed by atoms with E-state index in [0.29, 0.717) is 31.0 Å². The number of anilines is 2. The number of hydrogen-bond donors (Lipinski definition) is 1. The lowest BCUT2D eigenvalue weighted by atomic mass is 10.3. The first-order chi connectivity index (χ1) is 9.24. The van der Waals surface area contributed by atoms with E-state index in [2.05, 4.69) is 20.4 Å². The van der Waals surface area contributed by atoms with Crippen molar-refractivity contribution in [3.63, 3.8) is 0 Å². The fourth-order valence-corrected chi connectivity index (χ4v) is 1.61. The van der Waals surface area contributed by atoms with Crippen LogP contribution in [0.15, 0.2) is 18.7 Å². The SMILES string of the molecule is CCc1ncnc(Nc2cnn(CCOC)c2)c1F. The Labute approximate surface area is 110 Å². The van der Waals surface area contributed by atoms with Gasteiger partial charge in [-0.25, -0.2) is 14.4 Å². The zero-order valence-corrected chi connectivity index (χ0v) is 10.9. The first-order valence-electron chi connectivity index (χ1n) is 6.02. The van der Waals surface area contributed by atoms with Gasteiger partial charge in [-0.1, -0.05) is 6.92 Å². The molecule has 0 unspecified atom stereocenters. The van der Waals surface area contributed by atoms with Gasteiger partial charge in [0.2, 0.25) is 0 Å². The predicted molar refractivity (Wildman–Crippen MR) is 68.8 cm³/mol. The number of methoxy groups -OCH3 is 1. The summed E-state index contributed by atoms with van der Waals surface area (Å²) in [5.74, 6) is -0.257. The summed E-state index contributed by atoms with van der Waals surface area (Å²) in [7, 11) is 1.63. The fraction of sp³-hybridized carbons (Fsp3) is 0.417. The summed E-state index contributed by atoms with van der Waals surface area (Å²) in [5, 5.41) is 7.02. The highest BCUT2D eigenvalue weighted by Gasteiger charge is 2.10. The molecule has 0 aromatic carbocycles. The Morgan fingerprint density at radius 3 is 3.00 bits per heavy atom. The number of nitrogens with zero attached hydrogens (tertiary/aromatic N) is 4.